The fourth-order valence-electron chi connectivity index (χ4n) is 2.33. The third-order valence-corrected chi connectivity index (χ3v) is 4.39. The van der Waals surface area contributed by atoms with Gasteiger partial charge in [-0.15, -0.1) is 0 Å². The molecule has 0 aliphatic carbocycles. The van der Waals surface area contributed by atoms with E-state index >= 15 is 0 Å². The van der Waals surface area contributed by atoms with E-state index in [1.54, 1.807) is 0 Å². The zero-order valence-electron chi connectivity index (χ0n) is 12.7. The molecule has 1 N–H and O–H groups in total. The van der Waals surface area contributed by atoms with Gasteiger partial charge in [-0.05, 0) is 42.3 Å². The van der Waals surface area contributed by atoms with Gasteiger partial charge in [-0.1, -0.05) is 68.2 Å². The summed E-state index contributed by atoms with van der Waals surface area (Å²) >= 11 is 3.70. The Bertz CT molecular complexity index is 362. The van der Waals surface area contributed by atoms with Gasteiger partial charge in [0.1, 0.15) is 0 Å². The largest absolute Gasteiger partial charge is 0.316 e. The van der Waals surface area contributed by atoms with Gasteiger partial charge in [0.2, 0.25) is 0 Å². The van der Waals surface area contributed by atoms with Gasteiger partial charge in [-0.3, -0.25) is 0 Å². The van der Waals surface area contributed by atoms with Crippen LogP contribution in [0.5, 0.6) is 0 Å². The summed E-state index contributed by atoms with van der Waals surface area (Å²) < 4.78 is 1.25. The van der Waals surface area contributed by atoms with Crippen molar-refractivity contribution in [2.45, 2.75) is 46.5 Å². The van der Waals surface area contributed by atoms with Gasteiger partial charge in [0, 0.05) is 11.0 Å². The summed E-state index contributed by atoms with van der Waals surface area (Å²) in [5.41, 5.74) is 1.44. The maximum Gasteiger partial charge on any atom is 0.0210 e. The Kier molecular flexibility index (Phi) is 7.70. The second kappa shape index (κ2) is 8.76. The van der Waals surface area contributed by atoms with Crippen LogP contribution in [0.2, 0.25) is 0 Å². The first-order valence-electron chi connectivity index (χ1n) is 7.49. The SMILES string of the molecule is CCC(C)CC(CNCC(C)C)c1ccccc1Br. The lowest BCUT2D eigenvalue weighted by atomic mass is 9.88. The van der Waals surface area contributed by atoms with Gasteiger partial charge >= 0.3 is 0 Å². The van der Waals surface area contributed by atoms with Crippen LogP contribution < -0.4 is 5.32 Å². The maximum atomic E-state index is 3.70. The molecule has 0 heterocycles. The molecule has 0 saturated heterocycles. The van der Waals surface area contributed by atoms with Gasteiger partial charge < -0.3 is 5.32 Å². The van der Waals surface area contributed by atoms with Gasteiger partial charge in [-0.2, -0.15) is 0 Å². The van der Waals surface area contributed by atoms with Crippen LogP contribution >= 0.6 is 15.9 Å². The second-order valence-corrected chi connectivity index (χ2v) is 6.87. The molecule has 1 aromatic carbocycles. The molecule has 0 spiro atoms. The summed E-state index contributed by atoms with van der Waals surface area (Å²) in [6, 6.07) is 8.65. The van der Waals surface area contributed by atoms with Crippen molar-refractivity contribution in [3.8, 4) is 0 Å². The topological polar surface area (TPSA) is 12.0 Å². The molecule has 1 aromatic rings. The molecular weight excluding hydrogens is 298 g/mol. The van der Waals surface area contributed by atoms with Crippen molar-refractivity contribution in [3.63, 3.8) is 0 Å². The minimum Gasteiger partial charge on any atom is -0.316 e. The molecule has 2 atom stereocenters. The summed E-state index contributed by atoms with van der Waals surface area (Å²) in [4.78, 5) is 0. The molecule has 2 heteroatoms. The molecule has 0 fully saturated rings. The minimum absolute atomic E-state index is 0.601. The molecule has 0 aliphatic heterocycles. The van der Waals surface area contributed by atoms with E-state index in [2.05, 4.69) is 73.2 Å². The van der Waals surface area contributed by atoms with Crippen molar-refractivity contribution in [3.05, 3.63) is 34.3 Å². The fourth-order valence-corrected chi connectivity index (χ4v) is 2.93. The monoisotopic (exact) mass is 325 g/mol. The molecule has 19 heavy (non-hydrogen) atoms. The average Bonchev–Trinajstić information content (AvgIpc) is 2.37. The lowest BCUT2D eigenvalue weighted by molar-refractivity contribution is 0.424. The fraction of sp³-hybridized carbons (Fsp3) is 0.647. The number of rotatable bonds is 8. The minimum atomic E-state index is 0.601. The van der Waals surface area contributed by atoms with Gasteiger partial charge in [0.15, 0.2) is 0 Å². The Morgan fingerprint density at radius 3 is 2.37 bits per heavy atom. The van der Waals surface area contributed by atoms with Crippen molar-refractivity contribution >= 4 is 15.9 Å². The summed E-state index contributed by atoms with van der Waals surface area (Å²) in [5, 5.41) is 3.62. The summed E-state index contributed by atoms with van der Waals surface area (Å²) in [6.07, 6.45) is 2.51. The highest BCUT2D eigenvalue weighted by Crippen LogP contribution is 2.30. The van der Waals surface area contributed by atoms with Crippen LogP contribution in [0, 0.1) is 11.8 Å². The van der Waals surface area contributed by atoms with E-state index in [0.717, 1.165) is 19.0 Å². The molecule has 108 valence electrons. The van der Waals surface area contributed by atoms with Crippen LogP contribution in [0.4, 0.5) is 0 Å². The van der Waals surface area contributed by atoms with Crippen LogP contribution in [0.25, 0.3) is 0 Å². The predicted octanol–water partition coefficient (Wildman–Crippen LogP) is 5.21. The zero-order chi connectivity index (χ0) is 14.3. The molecule has 0 amide bonds. The van der Waals surface area contributed by atoms with Crippen molar-refractivity contribution in [2.24, 2.45) is 11.8 Å². The lowest BCUT2D eigenvalue weighted by Gasteiger charge is -2.23. The Hall–Kier alpha value is -0.340. The third kappa shape index (κ3) is 6.09. The Morgan fingerprint density at radius 2 is 1.79 bits per heavy atom. The average molecular weight is 326 g/mol. The molecule has 0 bridgehead atoms. The first-order valence-corrected chi connectivity index (χ1v) is 8.29. The molecule has 0 saturated carbocycles. The lowest BCUT2D eigenvalue weighted by Crippen LogP contribution is -2.26. The van der Waals surface area contributed by atoms with Crippen LogP contribution in [0.15, 0.2) is 28.7 Å². The standard InChI is InChI=1S/C17H28BrN/c1-5-14(4)10-15(12-19-11-13(2)3)16-8-6-7-9-17(16)18/h6-9,13-15,19H,5,10-12H2,1-4H3. The first kappa shape index (κ1) is 16.7. The highest BCUT2D eigenvalue weighted by atomic mass is 79.9. The van der Waals surface area contributed by atoms with Gasteiger partial charge in [0.05, 0.1) is 0 Å². The predicted molar refractivity (Wildman–Crippen MR) is 88.7 cm³/mol. The van der Waals surface area contributed by atoms with Crippen LogP contribution in [0.1, 0.15) is 52.0 Å². The van der Waals surface area contributed by atoms with Gasteiger partial charge in [-0.25, -0.2) is 0 Å². The second-order valence-electron chi connectivity index (χ2n) is 6.02. The van der Waals surface area contributed by atoms with Gasteiger partial charge in [0.25, 0.3) is 0 Å². The quantitative estimate of drug-likeness (QED) is 0.691. The number of halogens is 1. The number of hydrogen-bond donors (Lipinski definition) is 1. The Morgan fingerprint density at radius 1 is 1.11 bits per heavy atom. The van der Waals surface area contributed by atoms with Crippen molar-refractivity contribution < 1.29 is 0 Å². The molecule has 0 radical (unpaired) electrons. The van der Waals surface area contributed by atoms with Crippen molar-refractivity contribution in [1.29, 1.82) is 0 Å². The Labute approximate surface area is 127 Å². The molecule has 0 aliphatic rings. The third-order valence-electron chi connectivity index (χ3n) is 3.67. The zero-order valence-corrected chi connectivity index (χ0v) is 14.3. The van der Waals surface area contributed by atoms with E-state index < -0.39 is 0 Å². The van der Waals surface area contributed by atoms with Crippen LogP contribution in [-0.2, 0) is 0 Å². The normalized spacial score (nSPS) is 14.6. The Balaban J connectivity index is 2.71. The van der Waals surface area contributed by atoms with E-state index in [1.165, 1.54) is 22.9 Å². The number of hydrogen-bond acceptors (Lipinski definition) is 1. The highest BCUT2D eigenvalue weighted by Gasteiger charge is 2.16. The first-order chi connectivity index (χ1) is 9.04. The molecular formula is C17H28BrN. The molecule has 2 unspecified atom stereocenters. The molecule has 0 aromatic heterocycles. The molecule has 1 rings (SSSR count). The van der Waals surface area contributed by atoms with Crippen molar-refractivity contribution in [2.75, 3.05) is 13.1 Å². The molecule has 1 nitrogen and oxygen atoms in total. The van der Waals surface area contributed by atoms with E-state index in [9.17, 15) is 0 Å². The van der Waals surface area contributed by atoms with E-state index in [0.29, 0.717) is 11.8 Å². The van der Waals surface area contributed by atoms with Crippen LogP contribution in [0.3, 0.4) is 0 Å². The van der Waals surface area contributed by atoms with Crippen LogP contribution in [-0.4, -0.2) is 13.1 Å². The van der Waals surface area contributed by atoms with Crippen molar-refractivity contribution in [1.82, 2.24) is 5.32 Å². The number of nitrogens with one attached hydrogen (secondary N) is 1. The summed E-state index contributed by atoms with van der Waals surface area (Å²) in [5.74, 6) is 2.09. The number of benzene rings is 1. The highest BCUT2D eigenvalue weighted by molar-refractivity contribution is 9.10. The maximum absolute atomic E-state index is 3.70. The summed E-state index contributed by atoms with van der Waals surface area (Å²) in [6.45, 7) is 11.3. The van der Waals surface area contributed by atoms with E-state index in [-0.39, 0.29) is 0 Å². The smallest absolute Gasteiger partial charge is 0.0210 e. The van der Waals surface area contributed by atoms with E-state index in [4.69, 9.17) is 0 Å². The van der Waals surface area contributed by atoms with E-state index in [1.807, 2.05) is 0 Å². The summed E-state index contributed by atoms with van der Waals surface area (Å²) in [7, 11) is 0.